The number of aryl methyl sites for hydroxylation is 4. The molecule has 0 bridgehead atoms. The van der Waals surface area contributed by atoms with Crippen molar-refractivity contribution >= 4 is 34.9 Å². The molecule has 1 aromatic carbocycles. The van der Waals surface area contributed by atoms with Gasteiger partial charge in [0.05, 0.1) is 13.2 Å². The first-order chi connectivity index (χ1) is 15.4. The van der Waals surface area contributed by atoms with Gasteiger partial charge < -0.3 is 15.4 Å². The van der Waals surface area contributed by atoms with Crippen LogP contribution in [0, 0.1) is 27.7 Å². The second kappa shape index (κ2) is 11.8. The molecular weight excluding hydrogens is 422 g/mol. The molecule has 1 aliphatic rings. The molecule has 1 fully saturated rings. The number of aliphatic imine (C=N–C) groups is 1. The fraction of sp³-hybridized carbons (Fsp3) is 0.478. The average molecular weight is 456 g/mol. The second-order valence-electron chi connectivity index (χ2n) is 8.03. The van der Waals surface area contributed by atoms with E-state index >= 15 is 0 Å². The van der Waals surface area contributed by atoms with Gasteiger partial charge in [0.25, 0.3) is 0 Å². The zero-order chi connectivity index (χ0) is 22.9. The van der Waals surface area contributed by atoms with E-state index < -0.39 is 0 Å². The van der Waals surface area contributed by atoms with E-state index in [0.717, 1.165) is 61.9 Å². The van der Waals surface area contributed by atoms with E-state index in [4.69, 9.17) is 21.9 Å². The van der Waals surface area contributed by atoms with E-state index in [0.29, 0.717) is 23.6 Å². The van der Waals surface area contributed by atoms with Crippen LogP contribution in [0.4, 0.5) is 11.6 Å². The lowest BCUT2D eigenvalue weighted by atomic mass is 10.1. The van der Waals surface area contributed by atoms with Gasteiger partial charge in [-0.15, -0.1) is 0 Å². The molecule has 0 saturated carbocycles. The molecule has 172 valence electrons. The Bertz CT molecular complexity index is 937. The summed E-state index contributed by atoms with van der Waals surface area (Å²) in [5.74, 6) is 1.02. The van der Waals surface area contributed by atoms with Crippen molar-refractivity contribution in [3.8, 4) is 0 Å². The maximum atomic E-state index is 5.55. The summed E-state index contributed by atoms with van der Waals surface area (Å²) >= 11 is 5.55. The molecule has 0 spiro atoms. The molecular formula is C23H33N7OS. The lowest BCUT2D eigenvalue weighted by Gasteiger charge is -2.26. The summed E-state index contributed by atoms with van der Waals surface area (Å²) in [5.41, 5.74) is 5.08. The van der Waals surface area contributed by atoms with Crippen molar-refractivity contribution in [3.63, 3.8) is 0 Å². The largest absolute Gasteiger partial charge is 0.379 e. The van der Waals surface area contributed by atoms with Crippen LogP contribution in [0.15, 0.2) is 29.3 Å². The Labute approximate surface area is 195 Å². The third-order valence-corrected chi connectivity index (χ3v) is 5.28. The van der Waals surface area contributed by atoms with Crippen molar-refractivity contribution in [3.05, 3.63) is 46.8 Å². The second-order valence-corrected chi connectivity index (χ2v) is 8.44. The summed E-state index contributed by atoms with van der Waals surface area (Å²) in [6, 6.07) is 8.13. The molecule has 2 heterocycles. The van der Waals surface area contributed by atoms with Gasteiger partial charge in [-0.2, -0.15) is 0 Å². The Morgan fingerprint density at radius 3 is 2.47 bits per heavy atom. The Morgan fingerprint density at radius 1 is 1.06 bits per heavy atom. The van der Waals surface area contributed by atoms with Crippen LogP contribution in [0.3, 0.4) is 0 Å². The van der Waals surface area contributed by atoms with Crippen LogP contribution in [0.5, 0.6) is 0 Å². The average Bonchev–Trinajstić information content (AvgIpc) is 2.73. The molecule has 8 nitrogen and oxygen atoms in total. The molecule has 0 radical (unpaired) electrons. The number of rotatable bonds is 6. The molecule has 0 amide bonds. The maximum absolute atomic E-state index is 5.55. The van der Waals surface area contributed by atoms with Gasteiger partial charge in [-0.25, -0.2) is 9.97 Å². The van der Waals surface area contributed by atoms with Gasteiger partial charge in [0.15, 0.2) is 5.11 Å². The molecule has 3 N–H and O–H groups in total. The van der Waals surface area contributed by atoms with Crippen LogP contribution in [0.2, 0.25) is 0 Å². The summed E-state index contributed by atoms with van der Waals surface area (Å²) in [6.45, 7) is 13.2. The molecule has 0 unspecified atom stereocenters. The molecule has 0 atom stereocenters. The van der Waals surface area contributed by atoms with Crippen LogP contribution in [0.1, 0.15) is 28.9 Å². The molecule has 3 rings (SSSR count). The summed E-state index contributed by atoms with van der Waals surface area (Å²) in [6.07, 6.45) is 0.942. The normalized spacial score (nSPS) is 14.8. The van der Waals surface area contributed by atoms with Gasteiger partial charge >= 0.3 is 0 Å². The maximum Gasteiger partial charge on any atom is 0.229 e. The zero-order valence-electron chi connectivity index (χ0n) is 19.4. The minimum Gasteiger partial charge on any atom is -0.379 e. The Hall–Kier alpha value is -2.62. The van der Waals surface area contributed by atoms with E-state index in [1.807, 2.05) is 26.0 Å². The highest BCUT2D eigenvalue weighted by Crippen LogP contribution is 2.15. The van der Waals surface area contributed by atoms with Crippen LogP contribution in [-0.2, 0) is 4.74 Å². The zero-order valence-corrected chi connectivity index (χ0v) is 20.2. The number of ether oxygens (including phenoxy) is 1. The number of hydrogen-bond donors (Lipinski definition) is 3. The molecule has 1 aliphatic heterocycles. The highest BCUT2D eigenvalue weighted by Gasteiger charge is 2.11. The lowest BCUT2D eigenvalue weighted by Crippen LogP contribution is -2.40. The molecule has 1 saturated heterocycles. The van der Waals surface area contributed by atoms with Crippen LogP contribution in [-0.4, -0.2) is 65.3 Å². The number of anilines is 2. The summed E-state index contributed by atoms with van der Waals surface area (Å²) in [4.78, 5) is 16.0. The minimum absolute atomic E-state index is 0.459. The third kappa shape index (κ3) is 7.81. The van der Waals surface area contributed by atoms with Gasteiger partial charge in [-0.3, -0.25) is 15.2 Å². The highest BCUT2D eigenvalue weighted by atomic mass is 32.1. The molecule has 2 aromatic rings. The summed E-state index contributed by atoms with van der Waals surface area (Å²) in [7, 11) is 0. The van der Waals surface area contributed by atoms with Gasteiger partial charge in [-0.05, 0) is 64.0 Å². The first-order valence-corrected chi connectivity index (χ1v) is 11.4. The quantitative estimate of drug-likeness (QED) is 0.265. The van der Waals surface area contributed by atoms with E-state index in [-0.39, 0.29) is 0 Å². The van der Waals surface area contributed by atoms with Crippen molar-refractivity contribution < 1.29 is 4.74 Å². The molecule has 9 heteroatoms. The van der Waals surface area contributed by atoms with Crippen LogP contribution < -0.4 is 16.0 Å². The van der Waals surface area contributed by atoms with Crippen molar-refractivity contribution in [2.24, 2.45) is 4.99 Å². The van der Waals surface area contributed by atoms with E-state index in [9.17, 15) is 0 Å². The molecule has 1 aromatic heterocycles. The van der Waals surface area contributed by atoms with E-state index in [1.165, 1.54) is 5.56 Å². The van der Waals surface area contributed by atoms with E-state index in [1.54, 1.807) is 0 Å². The Morgan fingerprint density at radius 2 is 1.78 bits per heavy atom. The van der Waals surface area contributed by atoms with Crippen molar-refractivity contribution in [2.45, 2.75) is 34.1 Å². The number of hydrogen-bond acceptors (Lipinski definition) is 6. The van der Waals surface area contributed by atoms with Crippen LogP contribution >= 0.6 is 12.2 Å². The van der Waals surface area contributed by atoms with Gasteiger partial charge in [0, 0.05) is 43.3 Å². The first-order valence-electron chi connectivity index (χ1n) is 11.0. The minimum atomic E-state index is 0.459. The Balaban J connectivity index is 1.64. The van der Waals surface area contributed by atoms with Crippen molar-refractivity contribution in [1.29, 1.82) is 0 Å². The topological polar surface area (TPSA) is 86.7 Å². The SMILES string of the molecule is Cc1ccc(NC(=S)NC(=NCCCN2CCOCC2)Nc2nc(C)cc(C)n2)c(C)c1. The number of morpholine rings is 1. The van der Waals surface area contributed by atoms with Crippen molar-refractivity contribution in [1.82, 2.24) is 20.2 Å². The predicted molar refractivity (Wildman–Crippen MR) is 135 cm³/mol. The number of benzene rings is 1. The van der Waals surface area contributed by atoms with Gasteiger partial charge in [0.1, 0.15) is 0 Å². The van der Waals surface area contributed by atoms with Crippen LogP contribution in [0.25, 0.3) is 0 Å². The number of guanidine groups is 1. The fourth-order valence-corrected chi connectivity index (χ4v) is 3.73. The highest BCUT2D eigenvalue weighted by molar-refractivity contribution is 7.80. The van der Waals surface area contributed by atoms with Gasteiger partial charge in [0.2, 0.25) is 11.9 Å². The predicted octanol–water partition coefficient (Wildman–Crippen LogP) is 3.19. The first kappa shape index (κ1) is 24.0. The standard InChI is InChI=1S/C23H33N7OS/c1-16-6-7-20(17(2)14-16)27-23(32)29-21(28-22-25-18(3)15-19(4)26-22)24-8-5-9-30-10-12-31-13-11-30/h6-7,14-15H,5,8-13H2,1-4H3,(H3,24,25,26,27,28,29,32). The molecule has 0 aliphatic carbocycles. The summed E-state index contributed by atoms with van der Waals surface area (Å²) < 4.78 is 5.41. The number of nitrogens with one attached hydrogen (secondary N) is 3. The van der Waals surface area contributed by atoms with Crippen molar-refractivity contribution in [2.75, 3.05) is 50.0 Å². The monoisotopic (exact) mass is 455 g/mol. The summed E-state index contributed by atoms with van der Waals surface area (Å²) in [5, 5.41) is 10.1. The lowest BCUT2D eigenvalue weighted by molar-refractivity contribution is 0.0377. The Kier molecular flexibility index (Phi) is 8.90. The van der Waals surface area contributed by atoms with Gasteiger partial charge in [-0.1, -0.05) is 17.7 Å². The number of aromatic nitrogens is 2. The van der Waals surface area contributed by atoms with E-state index in [2.05, 4.69) is 56.8 Å². The third-order valence-electron chi connectivity index (χ3n) is 5.08. The fourth-order valence-electron chi connectivity index (χ4n) is 3.52. The number of thiocarbonyl (C=S) groups is 1. The molecule has 32 heavy (non-hydrogen) atoms. The smallest absolute Gasteiger partial charge is 0.229 e. The number of nitrogens with zero attached hydrogens (tertiary/aromatic N) is 4.